The van der Waals surface area contributed by atoms with Crippen molar-refractivity contribution in [3.63, 3.8) is 0 Å². The zero-order valence-electron chi connectivity index (χ0n) is 17.9. The molecule has 2 rings (SSSR count). The van der Waals surface area contributed by atoms with E-state index >= 15 is 0 Å². The van der Waals surface area contributed by atoms with Crippen LogP contribution in [0.25, 0.3) is 0 Å². The summed E-state index contributed by atoms with van der Waals surface area (Å²) in [6, 6.07) is 8.69. The lowest BCUT2D eigenvalue weighted by atomic mass is 10.1. The molecule has 2 aromatic rings. The zero-order chi connectivity index (χ0) is 22.6. The lowest BCUT2D eigenvalue weighted by molar-refractivity contribution is -0.122. The first-order valence-corrected chi connectivity index (χ1v) is 11.5. The highest BCUT2D eigenvalue weighted by Gasteiger charge is 2.30. The van der Waals surface area contributed by atoms with E-state index in [2.05, 4.69) is 5.32 Å². The number of aryl methyl sites for hydroxylation is 1. The van der Waals surface area contributed by atoms with Crippen molar-refractivity contribution in [2.75, 3.05) is 24.8 Å². The smallest absolute Gasteiger partial charge is 0.244 e. The van der Waals surface area contributed by atoms with Gasteiger partial charge in [-0.15, -0.1) is 0 Å². The second kappa shape index (κ2) is 9.57. The summed E-state index contributed by atoms with van der Waals surface area (Å²) in [4.78, 5) is 13.0. The van der Waals surface area contributed by atoms with Crippen molar-refractivity contribution in [1.82, 2.24) is 5.32 Å². The van der Waals surface area contributed by atoms with Crippen LogP contribution in [-0.4, -0.2) is 40.8 Å². The van der Waals surface area contributed by atoms with Gasteiger partial charge in [-0.25, -0.2) is 8.42 Å². The molecule has 1 N–H and O–H groups in total. The van der Waals surface area contributed by atoms with E-state index < -0.39 is 28.0 Å². The Hall–Kier alpha value is -2.45. The molecular formula is C21H27ClN2O5S. The molecule has 0 saturated heterocycles. The molecule has 30 heavy (non-hydrogen) atoms. The van der Waals surface area contributed by atoms with Crippen LogP contribution in [0, 0.1) is 6.92 Å². The number of amides is 1. The highest BCUT2D eigenvalue weighted by Crippen LogP contribution is 2.30. The Labute approximate surface area is 183 Å². The molecule has 1 amide bonds. The Balaban J connectivity index is 2.33. The fourth-order valence-electron chi connectivity index (χ4n) is 3.12. The third kappa shape index (κ3) is 5.37. The molecule has 0 radical (unpaired) electrons. The number of carbonyl (C=O) groups is 1. The van der Waals surface area contributed by atoms with Gasteiger partial charge in [-0.2, -0.15) is 0 Å². The quantitative estimate of drug-likeness (QED) is 0.657. The van der Waals surface area contributed by atoms with Gasteiger partial charge in [-0.05, 0) is 56.7 Å². The number of carbonyl (C=O) groups excluding carboxylic acids is 1. The van der Waals surface area contributed by atoms with Gasteiger partial charge in [0.1, 0.15) is 17.5 Å². The van der Waals surface area contributed by atoms with Gasteiger partial charge in [0, 0.05) is 10.6 Å². The Bertz CT molecular complexity index is 1030. The second-order valence-corrected chi connectivity index (χ2v) is 9.27. The number of nitrogens with one attached hydrogen (secondary N) is 1. The monoisotopic (exact) mass is 454 g/mol. The van der Waals surface area contributed by atoms with Crippen molar-refractivity contribution in [3.8, 4) is 11.5 Å². The van der Waals surface area contributed by atoms with Crippen LogP contribution >= 0.6 is 11.6 Å². The third-order valence-electron chi connectivity index (χ3n) is 4.76. The average Bonchev–Trinajstić information content (AvgIpc) is 2.68. The lowest BCUT2D eigenvalue weighted by Gasteiger charge is -2.29. The number of sulfonamides is 1. The molecule has 0 heterocycles. The number of anilines is 1. The maximum absolute atomic E-state index is 13.0. The molecule has 0 aromatic heterocycles. The first-order valence-electron chi connectivity index (χ1n) is 9.27. The normalized spacial score (nSPS) is 13.3. The molecule has 9 heteroatoms. The van der Waals surface area contributed by atoms with Gasteiger partial charge in [0.2, 0.25) is 15.9 Å². The van der Waals surface area contributed by atoms with Crippen molar-refractivity contribution in [2.45, 2.75) is 32.9 Å². The number of hydrogen-bond donors (Lipinski definition) is 1. The van der Waals surface area contributed by atoms with Crippen LogP contribution in [0.2, 0.25) is 5.02 Å². The van der Waals surface area contributed by atoms with Gasteiger partial charge < -0.3 is 14.8 Å². The number of benzene rings is 2. The number of ether oxygens (including phenoxy) is 2. The van der Waals surface area contributed by atoms with E-state index in [1.807, 2.05) is 6.92 Å². The van der Waals surface area contributed by atoms with E-state index in [1.54, 1.807) is 44.4 Å². The van der Waals surface area contributed by atoms with E-state index in [0.29, 0.717) is 27.8 Å². The maximum atomic E-state index is 13.0. The van der Waals surface area contributed by atoms with E-state index in [1.165, 1.54) is 20.1 Å². The molecule has 164 valence electrons. The van der Waals surface area contributed by atoms with Gasteiger partial charge in [0.25, 0.3) is 0 Å². The average molecular weight is 455 g/mol. The summed E-state index contributed by atoms with van der Waals surface area (Å²) in [6.07, 6.45) is 1.05. The highest BCUT2D eigenvalue weighted by atomic mass is 35.5. The predicted molar refractivity (Wildman–Crippen MR) is 119 cm³/mol. The predicted octanol–water partition coefficient (Wildman–Crippen LogP) is 3.70. The minimum atomic E-state index is -3.75. The minimum Gasteiger partial charge on any atom is -0.497 e. The second-order valence-electron chi connectivity index (χ2n) is 7.01. The molecule has 0 aliphatic heterocycles. The number of nitrogens with zero attached hydrogens (tertiary/aromatic N) is 1. The molecule has 0 aliphatic carbocycles. The number of rotatable bonds is 8. The van der Waals surface area contributed by atoms with Gasteiger partial charge in [0.05, 0.1) is 32.2 Å². The summed E-state index contributed by atoms with van der Waals surface area (Å²) in [6.45, 7) is 5.13. The summed E-state index contributed by atoms with van der Waals surface area (Å²) in [5, 5.41) is 3.28. The van der Waals surface area contributed by atoms with Crippen LogP contribution in [0.15, 0.2) is 36.4 Å². The summed E-state index contributed by atoms with van der Waals surface area (Å²) >= 11 is 6.17. The van der Waals surface area contributed by atoms with Crippen molar-refractivity contribution in [1.29, 1.82) is 0 Å². The molecule has 2 aromatic carbocycles. The standard InChI is InChI=1S/C21H27ClN2O5S/c1-13-7-8-16(11-19(13)22)24(30(6,26)27)15(3)21(25)23-14(2)18-12-17(28-4)9-10-20(18)29-5/h7-12,14-15H,1-6H3,(H,23,25)/t14-,15+/m1/s1. The fourth-order valence-corrected chi connectivity index (χ4v) is 4.46. The highest BCUT2D eigenvalue weighted by molar-refractivity contribution is 7.92. The maximum Gasteiger partial charge on any atom is 0.244 e. The summed E-state index contributed by atoms with van der Waals surface area (Å²) < 4.78 is 36.6. The van der Waals surface area contributed by atoms with Crippen LogP contribution in [0.1, 0.15) is 31.0 Å². The largest absolute Gasteiger partial charge is 0.497 e. The van der Waals surface area contributed by atoms with Gasteiger partial charge in [0.15, 0.2) is 0 Å². The van der Waals surface area contributed by atoms with Gasteiger partial charge in [-0.1, -0.05) is 17.7 Å². The fraction of sp³-hybridized carbons (Fsp3) is 0.381. The van der Waals surface area contributed by atoms with E-state index in [9.17, 15) is 13.2 Å². The van der Waals surface area contributed by atoms with E-state index in [-0.39, 0.29) is 0 Å². The first kappa shape index (κ1) is 23.8. The van der Waals surface area contributed by atoms with Crippen LogP contribution in [0.5, 0.6) is 11.5 Å². The number of hydrogen-bond acceptors (Lipinski definition) is 5. The van der Waals surface area contributed by atoms with E-state index in [4.69, 9.17) is 21.1 Å². The van der Waals surface area contributed by atoms with Crippen LogP contribution in [-0.2, 0) is 14.8 Å². The SMILES string of the molecule is COc1ccc(OC)c([C@@H](C)NC(=O)[C@H](C)N(c2ccc(C)c(Cl)c2)S(C)(=O)=O)c1. The molecule has 0 fully saturated rings. The molecule has 0 saturated carbocycles. The molecule has 0 aliphatic rings. The molecule has 2 atom stereocenters. The van der Waals surface area contributed by atoms with E-state index in [0.717, 1.165) is 16.1 Å². The Morgan fingerprint density at radius 1 is 1.10 bits per heavy atom. The zero-order valence-corrected chi connectivity index (χ0v) is 19.5. The Morgan fingerprint density at radius 2 is 1.77 bits per heavy atom. The van der Waals surface area contributed by atoms with Crippen molar-refractivity contribution in [3.05, 3.63) is 52.5 Å². The van der Waals surface area contributed by atoms with Crippen molar-refractivity contribution in [2.24, 2.45) is 0 Å². The number of halogens is 1. The van der Waals surface area contributed by atoms with Gasteiger partial charge >= 0.3 is 0 Å². The molecule has 7 nitrogen and oxygen atoms in total. The Kier molecular flexibility index (Phi) is 7.60. The molecule has 0 bridgehead atoms. The summed E-state index contributed by atoms with van der Waals surface area (Å²) in [5.74, 6) is 0.739. The van der Waals surface area contributed by atoms with Crippen LogP contribution < -0.4 is 19.1 Å². The number of methoxy groups -OCH3 is 2. The van der Waals surface area contributed by atoms with Gasteiger partial charge in [-0.3, -0.25) is 9.10 Å². The Morgan fingerprint density at radius 3 is 2.30 bits per heavy atom. The minimum absolute atomic E-state index is 0.322. The molecule has 0 unspecified atom stereocenters. The van der Waals surface area contributed by atoms with Crippen LogP contribution in [0.4, 0.5) is 5.69 Å². The molecular weight excluding hydrogens is 428 g/mol. The van der Waals surface area contributed by atoms with Crippen molar-refractivity contribution < 1.29 is 22.7 Å². The topological polar surface area (TPSA) is 84.9 Å². The lowest BCUT2D eigenvalue weighted by Crippen LogP contribution is -2.48. The molecule has 0 spiro atoms. The summed E-state index contributed by atoms with van der Waals surface area (Å²) in [5.41, 5.74) is 1.84. The van der Waals surface area contributed by atoms with Crippen molar-refractivity contribution >= 4 is 33.2 Å². The third-order valence-corrected chi connectivity index (χ3v) is 6.41. The first-order chi connectivity index (χ1) is 14.0. The van der Waals surface area contributed by atoms with Crippen LogP contribution in [0.3, 0.4) is 0 Å². The summed E-state index contributed by atoms with van der Waals surface area (Å²) in [7, 11) is -0.661.